The summed E-state index contributed by atoms with van der Waals surface area (Å²) >= 11 is 0. The maximum absolute atomic E-state index is 14.2. The lowest BCUT2D eigenvalue weighted by atomic mass is 9.74. The fourth-order valence-electron chi connectivity index (χ4n) is 1.55. The highest BCUT2D eigenvalue weighted by Gasteiger charge is 2.46. The quantitative estimate of drug-likeness (QED) is 0.743. The second-order valence-corrected chi connectivity index (χ2v) is 8.10. The van der Waals surface area contributed by atoms with Gasteiger partial charge in [0.25, 0.3) is 0 Å². The molecule has 2 N–H and O–H groups in total. The van der Waals surface area contributed by atoms with Crippen molar-refractivity contribution in [1.82, 2.24) is 4.98 Å². The van der Waals surface area contributed by atoms with E-state index in [1.807, 2.05) is 0 Å². The molecule has 136 valence electrons. The largest absolute Gasteiger partial charge is 0.497 e. The van der Waals surface area contributed by atoms with Crippen molar-refractivity contribution in [3.63, 3.8) is 0 Å². The maximum Gasteiger partial charge on any atom is 0.497 e. The molecule has 0 aliphatic carbocycles. The van der Waals surface area contributed by atoms with Crippen LogP contribution in [-0.2, 0) is 9.31 Å². The lowest BCUT2D eigenvalue weighted by Crippen LogP contribution is -2.59. The Morgan fingerprint density at radius 1 is 0.917 bits per heavy atom. The summed E-state index contributed by atoms with van der Waals surface area (Å²) < 4.78 is 26.1. The van der Waals surface area contributed by atoms with E-state index in [0.29, 0.717) is 0 Å². The first-order valence-corrected chi connectivity index (χ1v) is 7.98. The van der Waals surface area contributed by atoms with Gasteiger partial charge in [-0.25, -0.2) is 4.39 Å². The van der Waals surface area contributed by atoms with Crippen molar-refractivity contribution in [3.8, 4) is 0 Å². The number of hydrogen-bond acceptors (Lipinski definition) is 5. The average Bonchev–Trinajstić information content (AvgIpc) is 2.35. The molecule has 1 rings (SSSR count). The Kier molecular flexibility index (Phi) is 5.88. The van der Waals surface area contributed by atoms with Crippen molar-refractivity contribution >= 4 is 12.6 Å². The number of halogens is 1. The Hall–Kier alpha value is -1.02. The molecule has 0 saturated heterocycles. The topological polar surface area (TPSA) is 71.8 Å². The average molecular weight is 341 g/mol. The first kappa shape index (κ1) is 21.0. The van der Waals surface area contributed by atoms with Crippen LogP contribution in [0.4, 0.5) is 4.39 Å². The normalized spacial score (nSPS) is 14.0. The van der Waals surface area contributed by atoms with Gasteiger partial charge in [0.05, 0.1) is 28.6 Å². The summed E-state index contributed by atoms with van der Waals surface area (Å²) in [7, 11) is -1.13. The minimum absolute atomic E-state index is 0.152. The van der Waals surface area contributed by atoms with Gasteiger partial charge in [0.1, 0.15) is 5.82 Å². The summed E-state index contributed by atoms with van der Waals surface area (Å²) in [4.78, 5) is 3.73. The Labute approximate surface area is 144 Å². The molecule has 0 spiro atoms. The van der Waals surface area contributed by atoms with Crippen molar-refractivity contribution in [1.29, 1.82) is 0 Å². The highest BCUT2D eigenvalue weighted by atomic mass is 19.1. The summed E-state index contributed by atoms with van der Waals surface area (Å²) in [6.45, 7) is 13.2. The van der Waals surface area contributed by atoms with Gasteiger partial charge < -0.3 is 19.5 Å². The van der Waals surface area contributed by atoms with Gasteiger partial charge in [-0.3, -0.25) is 4.98 Å². The molecule has 1 aromatic heterocycles. The van der Waals surface area contributed by atoms with Gasteiger partial charge in [-0.1, -0.05) is 0 Å². The molecule has 0 bridgehead atoms. The number of hydrogen-bond donors (Lipinski definition) is 2. The van der Waals surface area contributed by atoms with Crippen LogP contribution in [0.15, 0.2) is 18.5 Å². The van der Waals surface area contributed by atoms with E-state index in [2.05, 4.69) is 4.98 Å². The summed E-state index contributed by atoms with van der Waals surface area (Å²) in [6.07, 6.45) is 2.51. The highest BCUT2D eigenvalue weighted by molar-refractivity contribution is 6.61. The third-order valence-corrected chi connectivity index (χ3v) is 4.81. The minimum atomic E-state index is -1.20. The van der Waals surface area contributed by atoms with Crippen molar-refractivity contribution < 1.29 is 23.9 Å². The lowest BCUT2D eigenvalue weighted by Gasteiger charge is -2.43. The zero-order valence-electron chi connectivity index (χ0n) is 15.8. The van der Waals surface area contributed by atoms with Crippen LogP contribution in [-0.4, -0.2) is 44.7 Å². The third-order valence-electron chi connectivity index (χ3n) is 4.81. The van der Waals surface area contributed by atoms with Crippen molar-refractivity contribution in [2.24, 2.45) is 0 Å². The van der Waals surface area contributed by atoms with Gasteiger partial charge in [0.2, 0.25) is 0 Å². The van der Waals surface area contributed by atoms with Gasteiger partial charge >= 0.3 is 7.12 Å². The van der Waals surface area contributed by atoms with Crippen molar-refractivity contribution in [3.05, 3.63) is 24.3 Å². The molecule has 0 fully saturated rings. The summed E-state index contributed by atoms with van der Waals surface area (Å²) in [5.41, 5.74) is -4.32. The van der Waals surface area contributed by atoms with Crippen molar-refractivity contribution in [2.75, 3.05) is 0 Å². The molecule has 0 aromatic carbocycles. The molecule has 0 unspecified atom stereocenters. The molecule has 5 nitrogen and oxygen atoms in total. The zero-order chi connectivity index (χ0) is 19.0. The first-order valence-electron chi connectivity index (χ1n) is 7.98. The number of pyridine rings is 1. The van der Waals surface area contributed by atoms with Crippen LogP contribution >= 0.6 is 0 Å². The lowest BCUT2D eigenvalue weighted by molar-refractivity contribution is -0.132. The molecule has 0 aliphatic rings. The Morgan fingerprint density at radius 3 is 1.67 bits per heavy atom. The summed E-state index contributed by atoms with van der Waals surface area (Å²) in [6, 6.07) is 1.46. The number of rotatable bonds is 7. The predicted octanol–water partition coefficient (Wildman–Crippen LogP) is 2.05. The van der Waals surface area contributed by atoms with Crippen LogP contribution in [0.2, 0.25) is 0 Å². The van der Waals surface area contributed by atoms with E-state index in [9.17, 15) is 14.6 Å². The molecule has 0 radical (unpaired) electrons. The molecule has 0 amide bonds. The first-order chi connectivity index (χ1) is 10.6. The molecular weight excluding hydrogens is 312 g/mol. The fourth-order valence-corrected chi connectivity index (χ4v) is 1.55. The standard InChI is InChI=1S/C17H29BFNO4/c1-14(2,21)16(5,6)23-18(12-9-10-20-11-13(12)19)24-17(7,8)15(3,4)22/h9-11,21-22H,1-8H3. The second kappa shape index (κ2) is 6.71. The van der Waals surface area contributed by atoms with Crippen LogP contribution in [0.1, 0.15) is 55.4 Å². The number of nitrogens with zero attached hydrogens (tertiary/aromatic N) is 1. The van der Waals surface area contributed by atoms with Crippen LogP contribution in [0.3, 0.4) is 0 Å². The monoisotopic (exact) mass is 341 g/mol. The van der Waals surface area contributed by atoms with Crippen LogP contribution in [0.5, 0.6) is 0 Å². The van der Waals surface area contributed by atoms with E-state index in [1.54, 1.807) is 55.4 Å². The molecule has 0 aliphatic heterocycles. The number of aromatic nitrogens is 1. The molecule has 0 atom stereocenters. The fraction of sp³-hybridized carbons (Fsp3) is 0.706. The molecular formula is C17H29BFNO4. The van der Waals surface area contributed by atoms with E-state index < -0.39 is 35.3 Å². The van der Waals surface area contributed by atoms with Crippen LogP contribution in [0.25, 0.3) is 0 Å². The molecule has 0 saturated carbocycles. The smallest absolute Gasteiger partial charge is 0.399 e. The van der Waals surface area contributed by atoms with E-state index >= 15 is 0 Å². The van der Waals surface area contributed by atoms with E-state index in [-0.39, 0.29) is 5.46 Å². The molecule has 1 aromatic rings. The molecule has 1 heterocycles. The number of aliphatic hydroxyl groups is 2. The predicted molar refractivity (Wildman–Crippen MR) is 92.5 cm³/mol. The Bertz CT molecular complexity index is 536. The van der Waals surface area contributed by atoms with E-state index in [4.69, 9.17) is 9.31 Å². The van der Waals surface area contributed by atoms with Gasteiger partial charge in [-0.05, 0) is 61.5 Å². The Balaban J connectivity index is 3.27. The van der Waals surface area contributed by atoms with Gasteiger partial charge in [0.15, 0.2) is 0 Å². The zero-order valence-corrected chi connectivity index (χ0v) is 15.8. The summed E-state index contributed by atoms with van der Waals surface area (Å²) in [5, 5.41) is 20.7. The third kappa shape index (κ3) is 4.75. The molecule has 7 heteroatoms. The van der Waals surface area contributed by atoms with Crippen LogP contribution in [0, 0.1) is 5.82 Å². The van der Waals surface area contributed by atoms with Gasteiger partial charge in [0, 0.05) is 11.7 Å². The second-order valence-electron chi connectivity index (χ2n) is 8.10. The minimum Gasteiger partial charge on any atom is -0.399 e. The Morgan fingerprint density at radius 2 is 1.33 bits per heavy atom. The SMILES string of the molecule is CC(C)(O)C(C)(C)OB(OC(C)(C)C(C)(C)O)c1ccncc1F. The maximum atomic E-state index is 14.2. The van der Waals surface area contributed by atoms with Crippen molar-refractivity contribution in [2.45, 2.75) is 77.8 Å². The van der Waals surface area contributed by atoms with E-state index in [1.165, 1.54) is 12.3 Å². The highest BCUT2D eigenvalue weighted by Crippen LogP contribution is 2.30. The van der Waals surface area contributed by atoms with Crippen LogP contribution < -0.4 is 5.46 Å². The van der Waals surface area contributed by atoms with E-state index in [0.717, 1.165) is 6.20 Å². The van der Waals surface area contributed by atoms with Gasteiger partial charge in [-0.2, -0.15) is 0 Å². The summed E-state index contributed by atoms with van der Waals surface area (Å²) in [5.74, 6) is -0.583. The molecule has 24 heavy (non-hydrogen) atoms. The van der Waals surface area contributed by atoms with Gasteiger partial charge in [-0.15, -0.1) is 0 Å².